The van der Waals surface area contributed by atoms with Crippen LogP contribution in [0.1, 0.15) is 39.1 Å². The molecule has 0 aliphatic carbocycles. The second-order valence-corrected chi connectivity index (χ2v) is 5.61. The zero-order valence-electron chi connectivity index (χ0n) is 12.0. The zero-order valence-corrected chi connectivity index (χ0v) is 12.0. The van der Waals surface area contributed by atoms with E-state index in [1.54, 1.807) is 0 Å². The van der Waals surface area contributed by atoms with E-state index in [1.807, 2.05) is 20.0 Å². The quantitative estimate of drug-likeness (QED) is 0.784. The highest BCUT2D eigenvalue weighted by Crippen LogP contribution is 2.18. The third kappa shape index (κ3) is 4.33. The van der Waals surface area contributed by atoms with Gasteiger partial charge in [-0.1, -0.05) is 27.7 Å². The maximum absolute atomic E-state index is 4.64. The summed E-state index contributed by atoms with van der Waals surface area (Å²) in [6.45, 7) is 15.1. The molecule has 0 atom stereocenters. The molecule has 0 saturated carbocycles. The van der Waals surface area contributed by atoms with E-state index >= 15 is 0 Å². The Labute approximate surface area is 105 Å². The fraction of sp³-hybridized carbons (Fsp3) is 0.714. The maximum atomic E-state index is 4.64. The number of nitrogens with zero attached hydrogens (tertiary/aromatic N) is 3. The molecule has 0 aromatic carbocycles. The summed E-state index contributed by atoms with van der Waals surface area (Å²) in [4.78, 5) is 11.4. The zero-order chi connectivity index (χ0) is 13.0. The molecular formula is C14H25N3. The van der Waals surface area contributed by atoms with Crippen molar-refractivity contribution in [2.24, 2.45) is 11.8 Å². The Balaban J connectivity index is 2.98. The van der Waals surface area contributed by atoms with Crippen LogP contribution >= 0.6 is 0 Å². The minimum absolute atomic E-state index is 0.635. The molecule has 0 fully saturated rings. The van der Waals surface area contributed by atoms with Crippen molar-refractivity contribution in [1.29, 1.82) is 0 Å². The van der Waals surface area contributed by atoms with Gasteiger partial charge in [-0.25, -0.2) is 4.98 Å². The summed E-state index contributed by atoms with van der Waals surface area (Å²) in [6, 6.07) is 0. The molecule has 0 N–H and O–H groups in total. The standard InChI is InChI=1S/C14H25N3/c1-10(2)8-17(9-11(3)4)14-13(6)15-7-12(5)16-14/h7,10-11H,8-9H2,1-6H3. The van der Waals surface area contributed by atoms with E-state index in [4.69, 9.17) is 0 Å². The first-order chi connectivity index (χ1) is 7.90. The molecule has 1 heterocycles. The predicted octanol–water partition coefficient (Wildman–Crippen LogP) is 3.21. The van der Waals surface area contributed by atoms with E-state index in [2.05, 4.69) is 42.6 Å². The van der Waals surface area contributed by atoms with Crippen LogP contribution in [0.15, 0.2) is 6.20 Å². The van der Waals surface area contributed by atoms with Crippen LogP contribution in [0, 0.1) is 25.7 Å². The Morgan fingerprint density at radius 3 is 2.06 bits per heavy atom. The van der Waals surface area contributed by atoms with Gasteiger partial charge in [-0.05, 0) is 25.7 Å². The fourth-order valence-electron chi connectivity index (χ4n) is 1.95. The Hall–Kier alpha value is -1.12. The van der Waals surface area contributed by atoms with Crippen LogP contribution in [0.25, 0.3) is 0 Å². The molecule has 0 unspecified atom stereocenters. The van der Waals surface area contributed by atoms with E-state index in [1.165, 1.54) is 0 Å². The summed E-state index contributed by atoms with van der Waals surface area (Å²) in [5.74, 6) is 2.32. The number of anilines is 1. The molecule has 0 aliphatic heterocycles. The van der Waals surface area contributed by atoms with Crippen LogP contribution in [0.2, 0.25) is 0 Å². The molecular weight excluding hydrogens is 210 g/mol. The minimum Gasteiger partial charge on any atom is -0.355 e. The molecule has 96 valence electrons. The first kappa shape index (κ1) is 13.9. The average Bonchev–Trinajstić information content (AvgIpc) is 2.19. The van der Waals surface area contributed by atoms with Crippen LogP contribution < -0.4 is 4.90 Å². The van der Waals surface area contributed by atoms with E-state index < -0.39 is 0 Å². The molecule has 17 heavy (non-hydrogen) atoms. The third-order valence-electron chi connectivity index (χ3n) is 2.52. The number of rotatable bonds is 5. The highest BCUT2D eigenvalue weighted by Gasteiger charge is 2.14. The summed E-state index contributed by atoms with van der Waals surface area (Å²) < 4.78 is 0. The molecule has 1 aromatic heterocycles. The summed E-state index contributed by atoms with van der Waals surface area (Å²) in [6.07, 6.45) is 1.84. The number of hydrogen-bond donors (Lipinski definition) is 0. The van der Waals surface area contributed by atoms with E-state index in [9.17, 15) is 0 Å². The number of hydrogen-bond acceptors (Lipinski definition) is 3. The Bertz CT molecular complexity index is 348. The highest BCUT2D eigenvalue weighted by molar-refractivity contribution is 5.43. The largest absolute Gasteiger partial charge is 0.355 e. The molecule has 3 nitrogen and oxygen atoms in total. The first-order valence-electron chi connectivity index (χ1n) is 6.45. The van der Waals surface area contributed by atoms with Gasteiger partial charge < -0.3 is 4.90 Å². The van der Waals surface area contributed by atoms with Crippen molar-refractivity contribution in [3.8, 4) is 0 Å². The van der Waals surface area contributed by atoms with E-state index in [-0.39, 0.29) is 0 Å². The van der Waals surface area contributed by atoms with Crippen molar-refractivity contribution in [2.75, 3.05) is 18.0 Å². The van der Waals surface area contributed by atoms with Crippen LogP contribution in [0.4, 0.5) is 5.82 Å². The SMILES string of the molecule is Cc1cnc(C)c(N(CC(C)C)CC(C)C)n1. The van der Waals surface area contributed by atoms with Gasteiger partial charge in [-0.3, -0.25) is 4.98 Å². The van der Waals surface area contributed by atoms with Crippen LogP contribution in [0.3, 0.4) is 0 Å². The van der Waals surface area contributed by atoms with Gasteiger partial charge in [0.2, 0.25) is 0 Å². The molecule has 3 heteroatoms. The van der Waals surface area contributed by atoms with E-state index in [0.717, 1.165) is 30.3 Å². The molecule has 1 rings (SSSR count). The van der Waals surface area contributed by atoms with Gasteiger partial charge in [-0.2, -0.15) is 0 Å². The summed E-state index contributed by atoms with van der Waals surface area (Å²) in [5, 5.41) is 0. The van der Waals surface area contributed by atoms with Gasteiger partial charge in [0.1, 0.15) is 5.82 Å². The normalized spacial score (nSPS) is 11.3. The van der Waals surface area contributed by atoms with Gasteiger partial charge in [0.05, 0.1) is 11.4 Å². The lowest BCUT2D eigenvalue weighted by atomic mass is 10.1. The highest BCUT2D eigenvalue weighted by atomic mass is 15.2. The van der Waals surface area contributed by atoms with Gasteiger partial charge in [0, 0.05) is 19.3 Å². The molecule has 0 radical (unpaired) electrons. The van der Waals surface area contributed by atoms with Crippen molar-refractivity contribution < 1.29 is 0 Å². The maximum Gasteiger partial charge on any atom is 0.150 e. The van der Waals surface area contributed by atoms with Crippen molar-refractivity contribution in [3.05, 3.63) is 17.6 Å². The second-order valence-electron chi connectivity index (χ2n) is 5.61. The fourth-order valence-corrected chi connectivity index (χ4v) is 1.95. The molecule has 0 aliphatic rings. The summed E-state index contributed by atoms with van der Waals surface area (Å²) in [5.41, 5.74) is 2.01. The summed E-state index contributed by atoms with van der Waals surface area (Å²) in [7, 11) is 0. The van der Waals surface area contributed by atoms with Crippen LogP contribution in [0.5, 0.6) is 0 Å². The van der Waals surface area contributed by atoms with Gasteiger partial charge in [0.25, 0.3) is 0 Å². The van der Waals surface area contributed by atoms with Crippen LogP contribution in [-0.2, 0) is 0 Å². The Morgan fingerprint density at radius 1 is 1.06 bits per heavy atom. The lowest BCUT2D eigenvalue weighted by Crippen LogP contribution is -2.33. The van der Waals surface area contributed by atoms with Gasteiger partial charge in [-0.15, -0.1) is 0 Å². The Morgan fingerprint density at radius 2 is 1.59 bits per heavy atom. The predicted molar refractivity (Wildman–Crippen MR) is 73.4 cm³/mol. The van der Waals surface area contributed by atoms with Crippen molar-refractivity contribution in [1.82, 2.24) is 9.97 Å². The number of aryl methyl sites for hydroxylation is 2. The third-order valence-corrected chi connectivity index (χ3v) is 2.52. The minimum atomic E-state index is 0.635. The molecule has 0 amide bonds. The molecule has 0 spiro atoms. The topological polar surface area (TPSA) is 29.0 Å². The van der Waals surface area contributed by atoms with Crippen molar-refractivity contribution >= 4 is 5.82 Å². The van der Waals surface area contributed by atoms with Crippen LogP contribution in [-0.4, -0.2) is 23.1 Å². The second kappa shape index (κ2) is 5.99. The molecule has 0 saturated heterocycles. The van der Waals surface area contributed by atoms with Gasteiger partial charge >= 0.3 is 0 Å². The number of aromatic nitrogens is 2. The van der Waals surface area contributed by atoms with Crippen molar-refractivity contribution in [3.63, 3.8) is 0 Å². The monoisotopic (exact) mass is 235 g/mol. The van der Waals surface area contributed by atoms with E-state index in [0.29, 0.717) is 11.8 Å². The lowest BCUT2D eigenvalue weighted by molar-refractivity contribution is 0.546. The Kier molecular flexibility index (Phi) is 4.91. The molecule has 1 aromatic rings. The molecule has 0 bridgehead atoms. The average molecular weight is 235 g/mol. The first-order valence-corrected chi connectivity index (χ1v) is 6.45. The van der Waals surface area contributed by atoms with Gasteiger partial charge in [0.15, 0.2) is 0 Å². The lowest BCUT2D eigenvalue weighted by Gasteiger charge is -2.28. The summed E-state index contributed by atoms with van der Waals surface area (Å²) >= 11 is 0. The van der Waals surface area contributed by atoms with Crippen molar-refractivity contribution in [2.45, 2.75) is 41.5 Å². The smallest absolute Gasteiger partial charge is 0.150 e.